The van der Waals surface area contributed by atoms with E-state index < -0.39 is 0 Å². The fourth-order valence-corrected chi connectivity index (χ4v) is 2.07. The smallest absolute Gasteiger partial charge is 0.226 e. The summed E-state index contributed by atoms with van der Waals surface area (Å²) in [7, 11) is 3.55. The van der Waals surface area contributed by atoms with E-state index in [0.717, 1.165) is 11.1 Å². The topological polar surface area (TPSA) is 44.1 Å². The van der Waals surface area contributed by atoms with Crippen molar-refractivity contribution in [1.29, 1.82) is 5.26 Å². The zero-order valence-corrected chi connectivity index (χ0v) is 22.1. The van der Waals surface area contributed by atoms with Gasteiger partial charge in [0.1, 0.15) is 0 Å². The lowest BCUT2D eigenvalue weighted by molar-refractivity contribution is -0.127. The standard InChI is InChI=1S/C11H15NO.C11H13N.3C2H6/c1-9-4-6-10(7-5-9)8-11(13)12(2)3;1-9-4-6-10(7-5-9)11(2,3)8-12;3*1-2/h4-7H,8H2,1-3H3;4-7H,1-3H3;3*1-2H3. The van der Waals surface area contributed by atoms with Gasteiger partial charge in [-0.05, 0) is 38.8 Å². The number of nitrogens with zero attached hydrogens (tertiary/aromatic N) is 2. The van der Waals surface area contributed by atoms with Crippen molar-refractivity contribution in [1.82, 2.24) is 4.90 Å². The van der Waals surface area contributed by atoms with Gasteiger partial charge in [0.15, 0.2) is 0 Å². The van der Waals surface area contributed by atoms with Crippen molar-refractivity contribution in [3.8, 4) is 6.07 Å². The van der Waals surface area contributed by atoms with E-state index in [1.54, 1.807) is 19.0 Å². The minimum Gasteiger partial charge on any atom is -0.349 e. The number of carbonyl (C=O) groups excluding carboxylic acids is 1. The molecule has 0 aliphatic heterocycles. The summed E-state index contributed by atoms with van der Waals surface area (Å²) < 4.78 is 0. The van der Waals surface area contributed by atoms with Crippen LogP contribution in [0.25, 0.3) is 0 Å². The zero-order chi connectivity index (χ0) is 25.0. The molecule has 2 aromatic rings. The van der Waals surface area contributed by atoms with Crippen LogP contribution in [0.2, 0.25) is 0 Å². The van der Waals surface area contributed by atoms with Crippen molar-refractivity contribution < 1.29 is 4.79 Å². The molecule has 3 nitrogen and oxygen atoms in total. The van der Waals surface area contributed by atoms with Crippen LogP contribution in [0.4, 0.5) is 0 Å². The summed E-state index contributed by atoms with van der Waals surface area (Å²) in [5.41, 5.74) is 4.24. The molecule has 0 spiro atoms. The van der Waals surface area contributed by atoms with Gasteiger partial charge in [0, 0.05) is 14.1 Å². The SMILES string of the molecule is CC.CC.CC.Cc1ccc(C(C)(C)C#N)cc1.Cc1ccc(CC(=O)N(C)C)cc1. The Labute approximate surface area is 193 Å². The molecule has 0 bridgehead atoms. The highest BCUT2D eigenvalue weighted by Crippen LogP contribution is 2.21. The van der Waals surface area contributed by atoms with Gasteiger partial charge < -0.3 is 4.90 Å². The molecule has 0 aliphatic rings. The third-order valence-corrected chi connectivity index (χ3v) is 4.03. The minimum atomic E-state index is -0.367. The second kappa shape index (κ2) is 19.4. The quantitative estimate of drug-likeness (QED) is 0.510. The summed E-state index contributed by atoms with van der Waals surface area (Å²) in [6, 6.07) is 18.4. The predicted molar refractivity (Wildman–Crippen MR) is 137 cm³/mol. The average Bonchev–Trinajstić information content (AvgIpc) is 2.80. The normalized spacial score (nSPS) is 8.87. The maximum atomic E-state index is 11.3. The summed E-state index contributed by atoms with van der Waals surface area (Å²) in [4.78, 5) is 12.9. The van der Waals surface area contributed by atoms with Gasteiger partial charge in [-0.2, -0.15) is 5.26 Å². The van der Waals surface area contributed by atoms with Crippen LogP contribution in [0.5, 0.6) is 0 Å². The Bertz CT molecular complexity index is 721. The molecule has 0 unspecified atom stereocenters. The Kier molecular flexibility index (Phi) is 20.6. The van der Waals surface area contributed by atoms with Crippen molar-refractivity contribution in [2.75, 3.05) is 14.1 Å². The molecule has 0 saturated heterocycles. The molecule has 31 heavy (non-hydrogen) atoms. The molecule has 2 rings (SSSR count). The van der Waals surface area contributed by atoms with Gasteiger partial charge in [-0.15, -0.1) is 0 Å². The van der Waals surface area contributed by atoms with Gasteiger partial charge in [0.2, 0.25) is 5.91 Å². The number of likely N-dealkylation sites (N-methyl/N-ethyl adjacent to an activating group) is 1. The summed E-state index contributed by atoms with van der Waals surface area (Å²) in [6.07, 6.45) is 0.493. The molecule has 0 heterocycles. The van der Waals surface area contributed by atoms with Crippen LogP contribution in [0.1, 0.15) is 77.6 Å². The first-order valence-corrected chi connectivity index (χ1v) is 11.4. The van der Waals surface area contributed by atoms with E-state index in [-0.39, 0.29) is 11.3 Å². The molecule has 0 aromatic heterocycles. The Morgan fingerprint density at radius 3 is 1.48 bits per heavy atom. The Morgan fingerprint density at radius 1 is 0.806 bits per heavy atom. The van der Waals surface area contributed by atoms with Crippen LogP contribution < -0.4 is 0 Å². The number of hydrogen-bond acceptors (Lipinski definition) is 2. The monoisotopic (exact) mass is 426 g/mol. The summed E-state index contributed by atoms with van der Waals surface area (Å²) in [5, 5.41) is 8.87. The molecule has 3 heteroatoms. The number of benzene rings is 2. The van der Waals surface area contributed by atoms with Crippen LogP contribution in [-0.4, -0.2) is 24.9 Å². The van der Waals surface area contributed by atoms with E-state index in [0.29, 0.717) is 6.42 Å². The minimum absolute atomic E-state index is 0.142. The number of carbonyl (C=O) groups is 1. The molecular weight excluding hydrogens is 380 g/mol. The first-order chi connectivity index (χ1) is 14.7. The van der Waals surface area contributed by atoms with E-state index in [9.17, 15) is 4.79 Å². The molecule has 0 atom stereocenters. The third-order valence-electron chi connectivity index (χ3n) is 4.03. The third kappa shape index (κ3) is 14.9. The van der Waals surface area contributed by atoms with E-state index >= 15 is 0 Å². The predicted octanol–water partition coefficient (Wildman–Crippen LogP) is 7.50. The Hall–Kier alpha value is -2.60. The van der Waals surface area contributed by atoms with E-state index in [1.165, 1.54) is 11.1 Å². The largest absolute Gasteiger partial charge is 0.349 e. The number of nitriles is 1. The van der Waals surface area contributed by atoms with E-state index in [1.807, 2.05) is 118 Å². The first kappa shape index (κ1) is 33.0. The number of amides is 1. The summed E-state index contributed by atoms with van der Waals surface area (Å²) in [5.74, 6) is 0.142. The van der Waals surface area contributed by atoms with Gasteiger partial charge >= 0.3 is 0 Å². The van der Waals surface area contributed by atoms with Crippen molar-refractivity contribution in [3.05, 3.63) is 70.8 Å². The molecule has 0 saturated carbocycles. The van der Waals surface area contributed by atoms with Gasteiger partial charge in [-0.3, -0.25) is 4.79 Å². The van der Waals surface area contributed by atoms with Gasteiger partial charge in [0.25, 0.3) is 0 Å². The van der Waals surface area contributed by atoms with Crippen molar-refractivity contribution >= 4 is 5.91 Å². The van der Waals surface area contributed by atoms with Gasteiger partial charge in [-0.1, -0.05) is 101 Å². The molecule has 1 amide bonds. The van der Waals surface area contributed by atoms with Gasteiger partial charge in [-0.25, -0.2) is 0 Å². The Balaban J connectivity index is -0.000000408. The van der Waals surface area contributed by atoms with Crippen molar-refractivity contribution in [3.63, 3.8) is 0 Å². The van der Waals surface area contributed by atoms with Crippen molar-refractivity contribution in [2.24, 2.45) is 0 Å². The molecule has 0 N–H and O–H groups in total. The van der Waals surface area contributed by atoms with Crippen LogP contribution in [-0.2, 0) is 16.6 Å². The lowest BCUT2D eigenvalue weighted by Crippen LogP contribution is -2.23. The summed E-state index contributed by atoms with van der Waals surface area (Å²) in [6.45, 7) is 19.9. The fraction of sp³-hybridized carbons (Fsp3) is 0.500. The average molecular weight is 427 g/mol. The Morgan fingerprint density at radius 2 is 1.16 bits per heavy atom. The second-order valence-corrected chi connectivity index (χ2v) is 7.05. The highest BCUT2D eigenvalue weighted by molar-refractivity contribution is 5.78. The van der Waals surface area contributed by atoms with Gasteiger partial charge in [0.05, 0.1) is 17.9 Å². The summed E-state index contributed by atoms with van der Waals surface area (Å²) >= 11 is 0. The maximum absolute atomic E-state index is 11.3. The van der Waals surface area contributed by atoms with Crippen LogP contribution in [0.3, 0.4) is 0 Å². The lowest BCUT2D eigenvalue weighted by atomic mass is 9.86. The molecule has 174 valence electrons. The molecule has 0 fully saturated rings. The van der Waals surface area contributed by atoms with E-state index in [4.69, 9.17) is 5.26 Å². The second-order valence-electron chi connectivity index (χ2n) is 7.05. The fourth-order valence-electron chi connectivity index (χ4n) is 2.07. The lowest BCUT2D eigenvalue weighted by Gasteiger charge is -2.15. The zero-order valence-electron chi connectivity index (χ0n) is 22.1. The maximum Gasteiger partial charge on any atom is 0.226 e. The molecule has 0 aliphatic carbocycles. The number of aryl methyl sites for hydroxylation is 2. The molecule has 0 radical (unpaired) electrons. The van der Waals surface area contributed by atoms with Crippen LogP contribution in [0, 0.1) is 25.2 Å². The van der Waals surface area contributed by atoms with Crippen molar-refractivity contribution in [2.45, 2.75) is 81.1 Å². The number of hydrogen-bond donors (Lipinski definition) is 0. The highest BCUT2D eigenvalue weighted by atomic mass is 16.2. The highest BCUT2D eigenvalue weighted by Gasteiger charge is 2.18. The molecular formula is C28H46N2O. The first-order valence-electron chi connectivity index (χ1n) is 11.4. The van der Waals surface area contributed by atoms with Crippen LogP contribution in [0.15, 0.2) is 48.5 Å². The van der Waals surface area contributed by atoms with E-state index in [2.05, 4.69) is 6.07 Å². The number of rotatable bonds is 3. The van der Waals surface area contributed by atoms with Crippen LogP contribution >= 0.6 is 0 Å². The molecule has 2 aromatic carbocycles.